The van der Waals surface area contributed by atoms with Gasteiger partial charge in [-0.15, -0.1) is 0 Å². The van der Waals surface area contributed by atoms with Gasteiger partial charge >= 0.3 is 0 Å². The Kier molecular flexibility index (Phi) is 6.73. The van der Waals surface area contributed by atoms with E-state index in [9.17, 15) is 9.59 Å². The van der Waals surface area contributed by atoms with Crippen LogP contribution in [-0.4, -0.2) is 65.9 Å². The van der Waals surface area contributed by atoms with Crippen molar-refractivity contribution in [2.75, 3.05) is 39.3 Å². The molecule has 0 spiro atoms. The van der Waals surface area contributed by atoms with Crippen molar-refractivity contribution in [2.45, 2.75) is 27.2 Å². The summed E-state index contributed by atoms with van der Waals surface area (Å²) in [7, 11) is 0. The number of pyridine rings is 1. The molecule has 1 aromatic rings. The van der Waals surface area contributed by atoms with Gasteiger partial charge in [-0.25, -0.2) is 0 Å². The highest BCUT2D eigenvalue weighted by molar-refractivity contribution is 5.98. The quantitative estimate of drug-likeness (QED) is 0.860. The SMILES string of the molecule is CCN1CCN(C(=O)c2ccnc(C(=O)NCCC(C)C)c2)CC1. The number of nitrogens with zero attached hydrogens (tertiary/aromatic N) is 3. The van der Waals surface area contributed by atoms with E-state index in [4.69, 9.17) is 0 Å². The van der Waals surface area contributed by atoms with Gasteiger partial charge in [0.05, 0.1) is 0 Å². The lowest BCUT2D eigenvalue weighted by Crippen LogP contribution is -2.48. The van der Waals surface area contributed by atoms with E-state index in [1.54, 1.807) is 12.1 Å². The molecule has 1 aromatic heterocycles. The van der Waals surface area contributed by atoms with Gasteiger partial charge in [-0.3, -0.25) is 14.6 Å². The highest BCUT2D eigenvalue weighted by atomic mass is 16.2. The molecule has 0 aliphatic carbocycles. The van der Waals surface area contributed by atoms with E-state index in [0.717, 1.165) is 39.1 Å². The van der Waals surface area contributed by atoms with Crippen molar-refractivity contribution in [3.05, 3.63) is 29.6 Å². The number of likely N-dealkylation sites (N-methyl/N-ethyl adjacent to an activating group) is 1. The standard InChI is InChI=1S/C18H28N4O2/c1-4-21-9-11-22(12-10-21)18(24)15-6-8-19-16(13-15)17(23)20-7-5-14(2)3/h6,8,13-14H,4-5,7,9-12H2,1-3H3,(H,20,23). The molecule has 1 fully saturated rings. The van der Waals surface area contributed by atoms with Crippen LogP contribution in [0.3, 0.4) is 0 Å². The van der Waals surface area contributed by atoms with Crippen molar-refractivity contribution in [3.63, 3.8) is 0 Å². The minimum absolute atomic E-state index is 0.0237. The Bertz CT molecular complexity index is 566. The number of hydrogen-bond donors (Lipinski definition) is 1. The zero-order valence-electron chi connectivity index (χ0n) is 14.9. The molecular formula is C18H28N4O2. The number of rotatable bonds is 6. The van der Waals surface area contributed by atoms with Gasteiger partial charge < -0.3 is 15.1 Å². The number of amides is 2. The molecule has 0 bridgehead atoms. The molecule has 2 rings (SSSR count). The Hall–Kier alpha value is -1.95. The Morgan fingerprint density at radius 3 is 2.58 bits per heavy atom. The van der Waals surface area contributed by atoms with Gasteiger partial charge in [0.2, 0.25) is 0 Å². The van der Waals surface area contributed by atoms with Crippen molar-refractivity contribution in [1.82, 2.24) is 20.1 Å². The smallest absolute Gasteiger partial charge is 0.269 e. The molecule has 0 unspecified atom stereocenters. The lowest BCUT2D eigenvalue weighted by Gasteiger charge is -2.34. The van der Waals surface area contributed by atoms with Crippen LogP contribution in [0.15, 0.2) is 18.3 Å². The van der Waals surface area contributed by atoms with E-state index in [0.29, 0.717) is 23.7 Å². The van der Waals surface area contributed by atoms with Crippen LogP contribution in [0.4, 0.5) is 0 Å². The molecule has 0 radical (unpaired) electrons. The minimum atomic E-state index is -0.221. The second kappa shape index (κ2) is 8.78. The van der Waals surface area contributed by atoms with Crippen molar-refractivity contribution in [3.8, 4) is 0 Å². The molecule has 2 heterocycles. The fourth-order valence-corrected chi connectivity index (χ4v) is 2.70. The van der Waals surface area contributed by atoms with Crippen LogP contribution in [0, 0.1) is 5.92 Å². The highest BCUT2D eigenvalue weighted by Crippen LogP contribution is 2.10. The predicted molar refractivity (Wildman–Crippen MR) is 94.0 cm³/mol. The van der Waals surface area contributed by atoms with Crippen LogP contribution in [0.1, 0.15) is 48.0 Å². The Morgan fingerprint density at radius 2 is 1.96 bits per heavy atom. The zero-order chi connectivity index (χ0) is 17.5. The number of carbonyl (C=O) groups is 2. The maximum absolute atomic E-state index is 12.6. The average Bonchev–Trinajstić information content (AvgIpc) is 2.61. The molecule has 132 valence electrons. The van der Waals surface area contributed by atoms with Gasteiger partial charge in [0.25, 0.3) is 11.8 Å². The maximum atomic E-state index is 12.6. The van der Waals surface area contributed by atoms with E-state index >= 15 is 0 Å². The third-order valence-corrected chi connectivity index (χ3v) is 4.35. The van der Waals surface area contributed by atoms with E-state index < -0.39 is 0 Å². The van der Waals surface area contributed by atoms with Crippen LogP contribution in [0.25, 0.3) is 0 Å². The fraction of sp³-hybridized carbons (Fsp3) is 0.611. The van der Waals surface area contributed by atoms with Gasteiger partial charge in [-0.05, 0) is 31.0 Å². The molecule has 2 amide bonds. The van der Waals surface area contributed by atoms with Crippen LogP contribution < -0.4 is 5.32 Å². The second-order valence-electron chi connectivity index (χ2n) is 6.59. The van der Waals surface area contributed by atoms with E-state index in [1.807, 2.05) is 4.90 Å². The molecule has 1 aliphatic heterocycles. The van der Waals surface area contributed by atoms with Gasteiger partial charge in [0.15, 0.2) is 0 Å². The first kappa shape index (κ1) is 18.4. The predicted octanol–water partition coefficient (Wildman–Crippen LogP) is 1.64. The van der Waals surface area contributed by atoms with Gasteiger partial charge in [0.1, 0.15) is 5.69 Å². The second-order valence-corrected chi connectivity index (χ2v) is 6.59. The normalized spacial score (nSPS) is 15.6. The summed E-state index contributed by atoms with van der Waals surface area (Å²) in [4.78, 5) is 33.0. The molecule has 6 nitrogen and oxygen atoms in total. The number of carbonyl (C=O) groups excluding carboxylic acids is 2. The van der Waals surface area contributed by atoms with E-state index in [1.165, 1.54) is 6.20 Å². The fourth-order valence-electron chi connectivity index (χ4n) is 2.70. The molecule has 0 saturated carbocycles. The summed E-state index contributed by atoms with van der Waals surface area (Å²) < 4.78 is 0. The monoisotopic (exact) mass is 332 g/mol. The first-order chi connectivity index (χ1) is 11.5. The van der Waals surface area contributed by atoms with Crippen LogP contribution in [0.5, 0.6) is 0 Å². The highest BCUT2D eigenvalue weighted by Gasteiger charge is 2.22. The van der Waals surface area contributed by atoms with Gasteiger partial charge in [0, 0.05) is 44.5 Å². The molecule has 1 saturated heterocycles. The lowest BCUT2D eigenvalue weighted by molar-refractivity contribution is 0.0643. The van der Waals surface area contributed by atoms with Crippen LogP contribution >= 0.6 is 0 Å². The first-order valence-corrected chi connectivity index (χ1v) is 8.77. The largest absolute Gasteiger partial charge is 0.351 e. The number of aromatic nitrogens is 1. The van der Waals surface area contributed by atoms with E-state index in [-0.39, 0.29) is 11.8 Å². The molecular weight excluding hydrogens is 304 g/mol. The number of nitrogens with one attached hydrogen (secondary N) is 1. The van der Waals surface area contributed by atoms with Crippen LogP contribution in [0.2, 0.25) is 0 Å². The Morgan fingerprint density at radius 1 is 1.25 bits per heavy atom. The Balaban J connectivity index is 1.96. The van der Waals surface area contributed by atoms with Crippen molar-refractivity contribution < 1.29 is 9.59 Å². The van der Waals surface area contributed by atoms with Crippen molar-refractivity contribution in [2.24, 2.45) is 5.92 Å². The minimum Gasteiger partial charge on any atom is -0.351 e. The molecule has 0 atom stereocenters. The zero-order valence-corrected chi connectivity index (χ0v) is 14.9. The van der Waals surface area contributed by atoms with Crippen LogP contribution in [-0.2, 0) is 0 Å². The van der Waals surface area contributed by atoms with Crippen molar-refractivity contribution >= 4 is 11.8 Å². The molecule has 0 aromatic carbocycles. The molecule has 1 aliphatic rings. The third kappa shape index (κ3) is 5.03. The van der Waals surface area contributed by atoms with E-state index in [2.05, 4.69) is 36.0 Å². The van der Waals surface area contributed by atoms with Gasteiger partial charge in [-0.2, -0.15) is 0 Å². The van der Waals surface area contributed by atoms with Crippen molar-refractivity contribution in [1.29, 1.82) is 0 Å². The number of piperazine rings is 1. The summed E-state index contributed by atoms with van der Waals surface area (Å²) >= 11 is 0. The molecule has 24 heavy (non-hydrogen) atoms. The summed E-state index contributed by atoms with van der Waals surface area (Å²) in [6, 6.07) is 3.28. The summed E-state index contributed by atoms with van der Waals surface area (Å²) in [5, 5.41) is 2.86. The maximum Gasteiger partial charge on any atom is 0.269 e. The summed E-state index contributed by atoms with van der Waals surface area (Å²) in [6.07, 6.45) is 2.46. The number of hydrogen-bond acceptors (Lipinski definition) is 4. The average molecular weight is 332 g/mol. The molecule has 6 heteroatoms. The lowest BCUT2D eigenvalue weighted by atomic mass is 10.1. The first-order valence-electron chi connectivity index (χ1n) is 8.77. The Labute approximate surface area is 144 Å². The summed E-state index contributed by atoms with van der Waals surface area (Å²) in [5.41, 5.74) is 0.834. The summed E-state index contributed by atoms with van der Waals surface area (Å²) in [5.74, 6) is 0.290. The summed E-state index contributed by atoms with van der Waals surface area (Å²) in [6.45, 7) is 11.2. The topological polar surface area (TPSA) is 65.5 Å². The molecule has 1 N–H and O–H groups in total. The van der Waals surface area contributed by atoms with Gasteiger partial charge in [-0.1, -0.05) is 20.8 Å². The third-order valence-electron chi connectivity index (χ3n) is 4.35.